The van der Waals surface area contributed by atoms with Gasteiger partial charge in [-0.05, 0) is 43.7 Å². The quantitative estimate of drug-likeness (QED) is 0.565. The predicted molar refractivity (Wildman–Crippen MR) is 117 cm³/mol. The molecule has 11 nitrogen and oxygen atoms in total. The van der Waals surface area contributed by atoms with E-state index in [0.29, 0.717) is 30.2 Å². The van der Waals surface area contributed by atoms with Gasteiger partial charge in [0.25, 0.3) is 5.91 Å². The van der Waals surface area contributed by atoms with Crippen LogP contribution < -0.4 is 5.32 Å². The fourth-order valence-corrected chi connectivity index (χ4v) is 4.82. The highest BCUT2D eigenvalue weighted by Crippen LogP contribution is 2.21. The van der Waals surface area contributed by atoms with E-state index in [0.717, 1.165) is 0 Å². The molecule has 1 aliphatic heterocycles. The maximum Gasteiger partial charge on any atom is 0.355 e. The van der Waals surface area contributed by atoms with Crippen molar-refractivity contribution in [2.24, 2.45) is 0 Å². The lowest BCUT2D eigenvalue weighted by Gasteiger charge is -2.26. The molecule has 2 heterocycles. The van der Waals surface area contributed by atoms with E-state index in [9.17, 15) is 22.8 Å². The van der Waals surface area contributed by atoms with E-state index in [1.165, 1.54) is 35.7 Å². The monoisotopic (exact) mass is 479 g/mol. The van der Waals surface area contributed by atoms with Crippen LogP contribution in [-0.2, 0) is 29.0 Å². The Morgan fingerprint density at radius 1 is 1.09 bits per heavy atom. The molecule has 0 radical (unpaired) electrons. The summed E-state index contributed by atoms with van der Waals surface area (Å²) in [5.74, 6) is -1.99. The minimum absolute atomic E-state index is 0.0540. The van der Waals surface area contributed by atoms with Crippen LogP contribution in [0.3, 0.4) is 0 Å². The summed E-state index contributed by atoms with van der Waals surface area (Å²) in [6, 6.07) is 5.69. The number of aromatic amines is 1. The van der Waals surface area contributed by atoms with Crippen molar-refractivity contribution in [2.75, 3.05) is 45.3 Å². The molecule has 0 bridgehead atoms. The van der Waals surface area contributed by atoms with Gasteiger partial charge in [-0.15, -0.1) is 0 Å². The molecule has 2 aromatic rings. The van der Waals surface area contributed by atoms with Crippen molar-refractivity contribution >= 4 is 33.6 Å². The molecular formula is C21H25N3O8S. The molecule has 1 fully saturated rings. The maximum atomic E-state index is 12.6. The number of H-pyrrole nitrogens is 1. The SMILES string of the molecule is COC(=O)c1c(C)[nH]c(C(=O)OCC(=O)Nc2ccc(S(=O)(=O)N3CCOCC3)cc2)c1C. The van der Waals surface area contributed by atoms with Crippen molar-refractivity contribution in [3.63, 3.8) is 0 Å². The van der Waals surface area contributed by atoms with E-state index in [4.69, 9.17) is 14.2 Å². The Morgan fingerprint density at radius 3 is 2.33 bits per heavy atom. The first-order valence-corrected chi connectivity index (χ1v) is 11.5. The Kier molecular flexibility index (Phi) is 7.51. The molecule has 1 amide bonds. The number of hydrogen-bond acceptors (Lipinski definition) is 8. The summed E-state index contributed by atoms with van der Waals surface area (Å²) in [5, 5.41) is 2.54. The van der Waals surface area contributed by atoms with Crippen molar-refractivity contribution in [1.29, 1.82) is 0 Å². The van der Waals surface area contributed by atoms with Gasteiger partial charge in [0.15, 0.2) is 6.61 Å². The van der Waals surface area contributed by atoms with Gasteiger partial charge in [0.1, 0.15) is 5.69 Å². The summed E-state index contributed by atoms with van der Waals surface area (Å²) >= 11 is 0. The number of methoxy groups -OCH3 is 1. The Morgan fingerprint density at radius 2 is 1.73 bits per heavy atom. The van der Waals surface area contributed by atoms with Crippen LogP contribution >= 0.6 is 0 Å². The highest BCUT2D eigenvalue weighted by Gasteiger charge is 2.26. The molecule has 1 aromatic carbocycles. The third-order valence-electron chi connectivity index (χ3n) is 5.11. The van der Waals surface area contributed by atoms with E-state index in [1.54, 1.807) is 13.8 Å². The summed E-state index contributed by atoms with van der Waals surface area (Å²) < 4.78 is 41.5. The summed E-state index contributed by atoms with van der Waals surface area (Å²) in [6.45, 7) is 3.87. The zero-order valence-corrected chi connectivity index (χ0v) is 19.3. The third-order valence-corrected chi connectivity index (χ3v) is 7.02. The smallest absolute Gasteiger partial charge is 0.355 e. The van der Waals surface area contributed by atoms with Gasteiger partial charge in [0.2, 0.25) is 10.0 Å². The first-order valence-electron chi connectivity index (χ1n) is 10.1. The number of esters is 2. The van der Waals surface area contributed by atoms with Gasteiger partial charge in [-0.2, -0.15) is 4.31 Å². The number of anilines is 1. The van der Waals surface area contributed by atoms with Crippen molar-refractivity contribution in [2.45, 2.75) is 18.7 Å². The van der Waals surface area contributed by atoms with Gasteiger partial charge in [-0.25, -0.2) is 18.0 Å². The Bertz CT molecular complexity index is 1150. The van der Waals surface area contributed by atoms with Crippen molar-refractivity contribution in [3.05, 3.63) is 46.8 Å². The van der Waals surface area contributed by atoms with Crippen LogP contribution in [0.4, 0.5) is 5.69 Å². The third kappa shape index (κ3) is 5.41. The lowest BCUT2D eigenvalue weighted by Crippen LogP contribution is -2.40. The lowest BCUT2D eigenvalue weighted by molar-refractivity contribution is -0.119. The van der Waals surface area contributed by atoms with Gasteiger partial charge in [-0.1, -0.05) is 0 Å². The van der Waals surface area contributed by atoms with Crippen LogP contribution in [0.1, 0.15) is 32.1 Å². The van der Waals surface area contributed by atoms with Crippen LogP contribution in [0.25, 0.3) is 0 Å². The maximum absolute atomic E-state index is 12.6. The normalized spacial score (nSPS) is 14.5. The topological polar surface area (TPSA) is 144 Å². The highest BCUT2D eigenvalue weighted by molar-refractivity contribution is 7.89. The lowest BCUT2D eigenvalue weighted by atomic mass is 10.1. The van der Waals surface area contributed by atoms with Crippen LogP contribution in [0.15, 0.2) is 29.2 Å². The molecular weight excluding hydrogens is 454 g/mol. The van der Waals surface area contributed by atoms with Gasteiger partial charge in [0.05, 0.1) is 30.8 Å². The first kappa shape index (κ1) is 24.4. The summed E-state index contributed by atoms with van der Waals surface area (Å²) in [6.07, 6.45) is 0. The molecule has 0 aliphatic carbocycles. The Balaban J connectivity index is 1.58. The van der Waals surface area contributed by atoms with E-state index >= 15 is 0 Å². The van der Waals surface area contributed by atoms with E-state index in [2.05, 4.69) is 10.3 Å². The standard InChI is InChI=1S/C21H25N3O8S/c1-13-18(20(26)30-3)14(2)22-19(13)21(27)32-12-17(25)23-15-4-6-16(7-5-15)33(28,29)24-8-10-31-11-9-24/h4-7,22H,8-12H2,1-3H3,(H,23,25). The van der Waals surface area contributed by atoms with Gasteiger partial charge >= 0.3 is 11.9 Å². The number of hydrogen-bond donors (Lipinski definition) is 2. The number of ether oxygens (including phenoxy) is 3. The Hall–Kier alpha value is -3.22. The number of carbonyl (C=O) groups excluding carboxylic acids is 3. The number of rotatable bonds is 7. The number of carbonyl (C=O) groups is 3. The molecule has 0 unspecified atom stereocenters. The molecule has 178 valence electrons. The van der Waals surface area contributed by atoms with Gasteiger partial charge < -0.3 is 24.5 Å². The minimum Gasteiger partial charge on any atom is -0.465 e. The highest BCUT2D eigenvalue weighted by atomic mass is 32.2. The minimum atomic E-state index is -3.64. The molecule has 2 N–H and O–H groups in total. The molecule has 0 atom stereocenters. The fourth-order valence-electron chi connectivity index (χ4n) is 3.41. The molecule has 1 saturated heterocycles. The average Bonchev–Trinajstić information content (AvgIpc) is 3.11. The summed E-state index contributed by atoms with van der Waals surface area (Å²) in [4.78, 5) is 39.2. The second-order valence-electron chi connectivity index (χ2n) is 7.28. The van der Waals surface area contributed by atoms with E-state index < -0.39 is 34.5 Å². The first-order chi connectivity index (χ1) is 15.6. The molecule has 12 heteroatoms. The Labute approximate surface area is 191 Å². The molecule has 0 saturated carbocycles. The summed E-state index contributed by atoms with van der Waals surface area (Å²) in [5.41, 5.74) is 1.45. The van der Waals surface area contributed by atoms with Crippen molar-refractivity contribution in [3.8, 4) is 0 Å². The fraction of sp³-hybridized carbons (Fsp3) is 0.381. The zero-order valence-electron chi connectivity index (χ0n) is 18.5. The molecule has 1 aromatic heterocycles. The molecule has 1 aliphatic rings. The molecule has 0 spiro atoms. The number of sulfonamides is 1. The van der Waals surface area contributed by atoms with Crippen molar-refractivity contribution < 1.29 is 37.0 Å². The zero-order chi connectivity index (χ0) is 24.2. The van der Waals surface area contributed by atoms with E-state index in [-0.39, 0.29) is 29.2 Å². The number of morpholine rings is 1. The number of aryl methyl sites for hydroxylation is 1. The number of benzene rings is 1. The second kappa shape index (κ2) is 10.1. The van der Waals surface area contributed by atoms with Crippen molar-refractivity contribution in [1.82, 2.24) is 9.29 Å². The molecule has 33 heavy (non-hydrogen) atoms. The van der Waals surface area contributed by atoms with Crippen LogP contribution in [-0.4, -0.2) is 75.6 Å². The van der Waals surface area contributed by atoms with Crippen LogP contribution in [0.5, 0.6) is 0 Å². The number of nitrogens with zero attached hydrogens (tertiary/aromatic N) is 1. The largest absolute Gasteiger partial charge is 0.465 e. The number of nitrogens with one attached hydrogen (secondary N) is 2. The van der Waals surface area contributed by atoms with E-state index in [1.807, 2.05) is 0 Å². The van der Waals surface area contributed by atoms with Gasteiger partial charge in [0, 0.05) is 24.5 Å². The average molecular weight is 480 g/mol. The second-order valence-corrected chi connectivity index (χ2v) is 9.22. The van der Waals surface area contributed by atoms with Crippen LogP contribution in [0, 0.1) is 13.8 Å². The van der Waals surface area contributed by atoms with Gasteiger partial charge in [-0.3, -0.25) is 4.79 Å². The number of aromatic nitrogens is 1. The predicted octanol–water partition coefficient (Wildman–Crippen LogP) is 1.23. The summed E-state index contributed by atoms with van der Waals surface area (Å²) in [7, 11) is -2.40. The number of amides is 1. The van der Waals surface area contributed by atoms with Crippen LogP contribution in [0.2, 0.25) is 0 Å². The molecule has 3 rings (SSSR count).